The van der Waals surface area contributed by atoms with Gasteiger partial charge in [-0.2, -0.15) is 0 Å². The van der Waals surface area contributed by atoms with Crippen molar-refractivity contribution >= 4 is 38.2 Å². The zero-order valence-corrected chi connectivity index (χ0v) is 13.5. The summed E-state index contributed by atoms with van der Waals surface area (Å²) in [6.07, 6.45) is 3.77. The van der Waals surface area contributed by atoms with Crippen LogP contribution in [0.4, 0.5) is 0 Å². The third-order valence-electron chi connectivity index (χ3n) is 3.08. The molecule has 2 heterocycles. The molecular weight excluding hydrogens is 334 g/mol. The molecule has 2 aromatic heterocycles. The van der Waals surface area contributed by atoms with Gasteiger partial charge in [-0.1, -0.05) is 28.1 Å². The molecule has 0 fully saturated rings. The van der Waals surface area contributed by atoms with Gasteiger partial charge >= 0.3 is 0 Å². The second-order valence-corrected chi connectivity index (χ2v) is 6.73. The van der Waals surface area contributed by atoms with Crippen LogP contribution in [0.15, 0.2) is 41.1 Å². The van der Waals surface area contributed by atoms with E-state index >= 15 is 0 Å². The SMILES string of the molecule is Cc1ncc(CNCc2ccc(Br)c3cccnc23)s1. The number of nitrogens with zero attached hydrogens (tertiary/aromatic N) is 2. The maximum Gasteiger partial charge on any atom is 0.0897 e. The Labute approximate surface area is 130 Å². The van der Waals surface area contributed by atoms with Gasteiger partial charge in [0.05, 0.1) is 10.5 Å². The largest absolute Gasteiger partial charge is 0.308 e. The van der Waals surface area contributed by atoms with Gasteiger partial charge in [-0.15, -0.1) is 11.3 Å². The lowest BCUT2D eigenvalue weighted by Crippen LogP contribution is -2.12. The smallest absolute Gasteiger partial charge is 0.0897 e. The number of benzene rings is 1. The lowest BCUT2D eigenvalue weighted by Gasteiger charge is -2.08. The Morgan fingerprint density at radius 3 is 2.90 bits per heavy atom. The second kappa shape index (κ2) is 5.99. The number of halogens is 1. The van der Waals surface area contributed by atoms with Crippen molar-refractivity contribution in [3.05, 3.63) is 56.6 Å². The molecule has 0 saturated heterocycles. The Balaban J connectivity index is 1.76. The van der Waals surface area contributed by atoms with Crippen LogP contribution >= 0.6 is 27.3 Å². The fraction of sp³-hybridized carbons (Fsp3) is 0.200. The van der Waals surface area contributed by atoms with Crippen molar-refractivity contribution in [2.45, 2.75) is 20.0 Å². The van der Waals surface area contributed by atoms with E-state index in [4.69, 9.17) is 0 Å². The minimum atomic E-state index is 0.803. The Morgan fingerprint density at radius 2 is 2.10 bits per heavy atom. The molecule has 0 aliphatic rings. The summed E-state index contributed by atoms with van der Waals surface area (Å²) < 4.78 is 1.09. The average Bonchev–Trinajstić information content (AvgIpc) is 2.87. The van der Waals surface area contributed by atoms with Crippen molar-refractivity contribution in [3.63, 3.8) is 0 Å². The normalized spacial score (nSPS) is 11.1. The van der Waals surface area contributed by atoms with Crippen LogP contribution < -0.4 is 5.32 Å². The molecule has 0 atom stereocenters. The summed E-state index contributed by atoms with van der Waals surface area (Å²) in [4.78, 5) is 10.0. The molecule has 0 unspecified atom stereocenters. The third-order valence-corrected chi connectivity index (χ3v) is 4.69. The van der Waals surface area contributed by atoms with Crippen LogP contribution in [0, 0.1) is 6.92 Å². The summed E-state index contributed by atoms with van der Waals surface area (Å²) in [5.41, 5.74) is 2.26. The molecule has 3 nitrogen and oxygen atoms in total. The maximum absolute atomic E-state index is 4.49. The molecule has 0 aliphatic heterocycles. The Bertz CT molecular complexity index is 739. The Morgan fingerprint density at radius 1 is 1.20 bits per heavy atom. The predicted molar refractivity (Wildman–Crippen MR) is 86.8 cm³/mol. The molecule has 1 aromatic carbocycles. The molecule has 0 spiro atoms. The standard InChI is InChI=1S/C15H14BrN3S/c1-10-19-9-12(20-10)8-17-7-11-4-5-14(16)13-3-2-6-18-15(11)13/h2-6,9,17H,7-8H2,1H3. The third kappa shape index (κ3) is 2.90. The quantitative estimate of drug-likeness (QED) is 0.773. The maximum atomic E-state index is 4.49. The van der Waals surface area contributed by atoms with Crippen LogP contribution in [0.25, 0.3) is 10.9 Å². The molecule has 0 bridgehead atoms. The van der Waals surface area contributed by atoms with Crippen molar-refractivity contribution in [2.75, 3.05) is 0 Å². The molecule has 1 N–H and O–H groups in total. The van der Waals surface area contributed by atoms with Gasteiger partial charge in [0, 0.05) is 40.2 Å². The molecule has 0 amide bonds. The zero-order valence-electron chi connectivity index (χ0n) is 11.1. The first-order chi connectivity index (χ1) is 9.74. The monoisotopic (exact) mass is 347 g/mol. The number of thiazole rings is 1. The van der Waals surface area contributed by atoms with Crippen molar-refractivity contribution in [1.29, 1.82) is 0 Å². The van der Waals surface area contributed by atoms with Gasteiger partial charge in [-0.3, -0.25) is 4.98 Å². The highest BCUT2D eigenvalue weighted by Gasteiger charge is 2.05. The molecule has 20 heavy (non-hydrogen) atoms. The van der Waals surface area contributed by atoms with Crippen LogP contribution in [0.5, 0.6) is 0 Å². The van der Waals surface area contributed by atoms with E-state index in [1.54, 1.807) is 11.3 Å². The fourth-order valence-corrected chi connectivity index (χ4v) is 3.36. The molecule has 0 saturated carbocycles. The topological polar surface area (TPSA) is 37.8 Å². The van der Waals surface area contributed by atoms with E-state index in [2.05, 4.69) is 49.4 Å². The summed E-state index contributed by atoms with van der Waals surface area (Å²) in [6, 6.07) is 8.25. The summed E-state index contributed by atoms with van der Waals surface area (Å²) in [5, 5.41) is 5.72. The van der Waals surface area contributed by atoms with Gasteiger partial charge in [0.25, 0.3) is 0 Å². The van der Waals surface area contributed by atoms with Gasteiger partial charge in [0.1, 0.15) is 0 Å². The first-order valence-electron chi connectivity index (χ1n) is 6.38. The fourth-order valence-electron chi connectivity index (χ4n) is 2.15. The first-order valence-corrected chi connectivity index (χ1v) is 7.99. The van der Waals surface area contributed by atoms with Crippen LogP contribution in [-0.4, -0.2) is 9.97 Å². The van der Waals surface area contributed by atoms with E-state index in [0.29, 0.717) is 0 Å². The summed E-state index contributed by atoms with van der Waals surface area (Å²) in [7, 11) is 0. The molecule has 3 aromatic rings. The highest BCUT2D eigenvalue weighted by Crippen LogP contribution is 2.25. The van der Waals surface area contributed by atoms with Crippen molar-refractivity contribution < 1.29 is 0 Å². The van der Waals surface area contributed by atoms with Crippen LogP contribution in [-0.2, 0) is 13.1 Å². The molecule has 5 heteroatoms. The van der Waals surface area contributed by atoms with E-state index in [9.17, 15) is 0 Å². The number of nitrogens with one attached hydrogen (secondary N) is 1. The van der Waals surface area contributed by atoms with Crippen LogP contribution in [0.2, 0.25) is 0 Å². The van der Waals surface area contributed by atoms with Crippen LogP contribution in [0.1, 0.15) is 15.4 Å². The minimum absolute atomic E-state index is 0.803. The zero-order chi connectivity index (χ0) is 13.9. The molecule has 0 aliphatic carbocycles. The number of hydrogen-bond donors (Lipinski definition) is 1. The average molecular weight is 348 g/mol. The molecule has 3 rings (SSSR count). The molecule has 0 radical (unpaired) electrons. The first kappa shape index (κ1) is 13.7. The van der Waals surface area contributed by atoms with Crippen molar-refractivity contribution in [3.8, 4) is 0 Å². The van der Waals surface area contributed by atoms with E-state index in [1.807, 2.05) is 25.4 Å². The summed E-state index contributed by atoms with van der Waals surface area (Å²) in [5.74, 6) is 0. The predicted octanol–water partition coefficient (Wildman–Crippen LogP) is 4.05. The van der Waals surface area contributed by atoms with Crippen LogP contribution in [0.3, 0.4) is 0 Å². The van der Waals surface area contributed by atoms with E-state index < -0.39 is 0 Å². The lowest BCUT2D eigenvalue weighted by atomic mass is 10.1. The highest BCUT2D eigenvalue weighted by atomic mass is 79.9. The van der Waals surface area contributed by atoms with E-state index in [-0.39, 0.29) is 0 Å². The van der Waals surface area contributed by atoms with Crippen molar-refractivity contribution in [2.24, 2.45) is 0 Å². The molecule has 102 valence electrons. The lowest BCUT2D eigenvalue weighted by molar-refractivity contribution is 0.702. The summed E-state index contributed by atoms with van der Waals surface area (Å²) in [6.45, 7) is 3.67. The minimum Gasteiger partial charge on any atom is -0.308 e. The highest BCUT2D eigenvalue weighted by molar-refractivity contribution is 9.10. The number of fused-ring (bicyclic) bond motifs is 1. The number of aryl methyl sites for hydroxylation is 1. The Kier molecular flexibility index (Phi) is 4.10. The van der Waals surface area contributed by atoms with Gasteiger partial charge in [0.2, 0.25) is 0 Å². The number of aromatic nitrogens is 2. The second-order valence-electron chi connectivity index (χ2n) is 4.56. The summed E-state index contributed by atoms with van der Waals surface area (Å²) >= 11 is 5.30. The van der Waals surface area contributed by atoms with Gasteiger partial charge < -0.3 is 5.32 Å². The van der Waals surface area contributed by atoms with E-state index in [0.717, 1.165) is 33.5 Å². The number of hydrogen-bond acceptors (Lipinski definition) is 4. The van der Waals surface area contributed by atoms with E-state index in [1.165, 1.54) is 10.4 Å². The van der Waals surface area contributed by atoms with Gasteiger partial charge in [0.15, 0.2) is 0 Å². The van der Waals surface area contributed by atoms with Gasteiger partial charge in [-0.25, -0.2) is 4.98 Å². The van der Waals surface area contributed by atoms with Gasteiger partial charge in [-0.05, 0) is 24.6 Å². The molecular formula is C15H14BrN3S. The number of pyridine rings is 1. The van der Waals surface area contributed by atoms with Crippen molar-refractivity contribution in [1.82, 2.24) is 15.3 Å². The number of rotatable bonds is 4. The Hall–Kier alpha value is -1.30.